The molecule has 24 heavy (non-hydrogen) atoms. The van der Waals surface area contributed by atoms with Gasteiger partial charge in [-0.15, -0.1) is 0 Å². The Labute approximate surface area is 160 Å². The molecular weight excluding hydrogens is 481 g/mol. The Hall–Kier alpha value is -1.25. The van der Waals surface area contributed by atoms with Crippen molar-refractivity contribution in [3.8, 4) is 0 Å². The molecule has 0 aromatic heterocycles. The second-order valence-corrected chi connectivity index (χ2v) is 8.69. The van der Waals surface area contributed by atoms with Crippen LogP contribution in [0.5, 0.6) is 0 Å². The van der Waals surface area contributed by atoms with Crippen molar-refractivity contribution in [1.29, 1.82) is 0 Å². The summed E-state index contributed by atoms with van der Waals surface area (Å²) in [5.74, 6) is 0.774. The average molecular weight is 499 g/mol. The molecule has 0 amide bonds. The Morgan fingerprint density at radius 3 is 3.00 bits per heavy atom. The van der Waals surface area contributed by atoms with Crippen molar-refractivity contribution in [2.45, 2.75) is 13.0 Å². The number of aliphatic imine (C=N–C) groups is 1. The summed E-state index contributed by atoms with van der Waals surface area (Å²) in [6, 6.07) is 6.49. The van der Waals surface area contributed by atoms with Crippen LogP contribution in [0.2, 0.25) is 0 Å². The van der Waals surface area contributed by atoms with Crippen molar-refractivity contribution < 1.29 is 26.0 Å². The standard InChI is InChI=1S/C18H18BrIN3O/c1-12(19)18-15(11-24)8-20-9-17(22-18)21-16-4-3-13-5-6-23(2)10-14(13)7-16/h3-4,7-9,11,21H,1,5-6,10H2,2H3/q-1. The summed E-state index contributed by atoms with van der Waals surface area (Å²) in [5.41, 5.74) is 5.00. The number of nitrogens with zero attached hydrogens (tertiary/aromatic N) is 2. The van der Waals surface area contributed by atoms with Crippen molar-refractivity contribution >= 4 is 33.6 Å². The molecule has 0 aliphatic carbocycles. The van der Waals surface area contributed by atoms with Crippen LogP contribution in [0.15, 0.2) is 53.8 Å². The summed E-state index contributed by atoms with van der Waals surface area (Å²) in [6.07, 6.45) is 1.94. The predicted octanol–water partition coefficient (Wildman–Crippen LogP) is 0.420. The van der Waals surface area contributed by atoms with E-state index in [1.807, 2.05) is 4.08 Å². The number of hydrogen-bond donors (Lipinski definition) is 1. The third-order valence-corrected chi connectivity index (χ3v) is 6.27. The van der Waals surface area contributed by atoms with Gasteiger partial charge in [0.1, 0.15) is 0 Å². The number of likely N-dealkylation sites (N-methyl/N-ethyl adjacent to an activating group) is 1. The van der Waals surface area contributed by atoms with Crippen molar-refractivity contribution in [1.82, 2.24) is 4.90 Å². The molecule has 3 rings (SSSR count). The third-order valence-electron chi connectivity index (χ3n) is 3.92. The van der Waals surface area contributed by atoms with E-state index in [0.717, 1.165) is 37.3 Å². The van der Waals surface area contributed by atoms with Gasteiger partial charge < -0.3 is 0 Å². The summed E-state index contributed by atoms with van der Waals surface area (Å²) in [6.45, 7) is 5.94. The molecular formula is C18H18BrIN3O-. The predicted molar refractivity (Wildman–Crippen MR) is 97.8 cm³/mol. The molecule has 0 radical (unpaired) electrons. The van der Waals surface area contributed by atoms with Gasteiger partial charge in [-0.05, 0) is 0 Å². The number of benzene rings is 1. The molecule has 2 aliphatic rings. The van der Waals surface area contributed by atoms with Crippen LogP contribution in [0, 0.1) is 0 Å². The average Bonchev–Trinajstić information content (AvgIpc) is 2.76. The van der Waals surface area contributed by atoms with Crippen LogP contribution in [0.25, 0.3) is 0 Å². The number of aldehydes is 1. The van der Waals surface area contributed by atoms with E-state index in [9.17, 15) is 4.79 Å². The molecule has 0 fully saturated rings. The summed E-state index contributed by atoms with van der Waals surface area (Å²) >= 11 is 2.98. The molecule has 0 bridgehead atoms. The molecule has 4 nitrogen and oxygen atoms in total. The van der Waals surface area contributed by atoms with E-state index in [1.54, 1.807) is 0 Å². The van der Waals surface area contributed by atoms with Crippen LogP contribution in [-0.2, 0) is 17.8 Å². The molecule has 6 heteroatoms. The quantitative estimate of drug-likeness (QED) is 0.483. The SMILES string of the molecule is C=C(Br)C1=NC(Nc2ccc3c(c2)CN(C)CC3)=C[I-]C=C1C=O. The van der Waals surface area contributed by atoms with Gasteiger partial charge in [-0.25, -0.2) is 0 Å². The van der Waals surface area contributed by atoms with Crippen LogP contribution in [0.3, 0.4) is 0 Å². The first-order valence-corrected chi connectivity index (χ1v) is 10.8. The fraction of sp³-hybridized carbons (Fsp3) is 0.222. The molecule has 2 heterocycles. The Kier molecular flexibility index (Phi) is 5.68. The minimum absolute atomic E-state index is 0.371. The molecule has 1 aromatic rings. The van der Waals surface area contributed by atoms with Crippen molar-refractivity contribution in [2.24, 2.45) is 4.99 Å². The summed E-state index contributed by atoms with van der Waals surface area (Å²) in [4.78, 5) is 18.2. The molecule has 1 aromatic carbocycles. The van der Waals surface area contributed by atoms with E-state index in [-0.39, 0.29) is 21.2 Å². The van der Waals surface area contributed by atoms with Crippen LogP contribution >= 0.6 is 15.9 Å². The second kappa shape index (κ2) is 7.76. The molecule has 0 saturated heterocycles. The molecule has 0 atom stereocenters. The minimum atomic E-state index is -0.371. The molecule has 126 valence electrons. The molecule has 0 spiro atoms. The molecule has 0 saturated carbocycles. The number of halogens is 2. The fourth-order valence-corrected chi connectivity index (χ4v) is 4.66. The number of hydrogen-bond acceptors (Lipinski definition) is 4. The van der Waals surface area contributed by atoms with Gasteiger partial charge in [-0.1, -0.05) is 0 Å². The zero-order chi connectivity index (χ0) is 17.1. The van der Waals surface area contributed by atoms with Crippen molar-refractivity contribution in [3.05, 3.63) is 59.9 Å². The number of allylic oxidation sites excluding steroid dienone is 2. The molecule has 1 N–H and O–H groups in total. The number of carbonyl (C=O) groups is 1. The first kappa shape index (κ1) is 17.6. The third kappa shape index (κ3) is 4.04. The summed E-state index contributed by atoms with van der Waals surface area (Å²) in [5, 5.41) is 3.39. The number of rotatable bonds is 4. The van der Waals surface area contributed by atoms with Gasteiger partial charge >= 0.3 is 161 Å². The molecule has 0 unspecified atom stereocenters. The number of anilines is 1. The first-order chi connectivity index (χ1) is 11.6. The van der Waals surface area contributed by atoms with E-state index in [4.69, 9.17) is 0 Å². The zero-order valence-electron chi connectivity index (χ0n) is 13.4. The van der Waals surface area contributed by atoms with Crippen LogP contribution < -0.4 is 26.5 Å². The Morgan fingerprint density at radius 2 is 2.25 bits per heavy atom. The van der Waals surface area contributed by atoms with E-state index in [1.165, 1.54) is 11.1 Å². The maximum absolute atomic E-state index is 11.2. The van der Waals surface area contributed by atoms with Gasteiger partial charge in [0.05, 0.1) is 0 Å². The van der Waals surface area contributed by atoms with E-state index < -0.39 is 0 Å². The van der Waals surface area contributed by atoms with Crippen LogP contribution in [-0.4, -0.2) is 30.5 Å². The van der Waals surface area contributed by atoms with Crippen LogP contribution in [0.1, 0.15) is 11.1 Å². The zero-order valence-corrected chi connectivity index (χ0v) is 17.1. The van der Waals surface area contributed by atoms with Gasteiger partial charge in [0.25, 0.3) is 0 Å². The molecule has 2 aliphatic heterocycles. The van der Waals surface area contributed by atoms with Gasteiger partial charge in [0, 0.05) is 0 Å². The Bertz CT molecular complexity index is 782. The topological polar surface area (TPSA) is 44.7 Å². The van der Waals surface area contributed by atoms with Crippen LogP contribution in [0.4, 0.5) is 5.69 Å². The van der Waals surface area contributed by atoms with Gasteiger partial charge in [-0.3, -0.25) is 0 Å². The van der Waals surface area contributed by atoms with E-state index in [0.29, 0.717) is 15.8 Å². The number of nitrogens with one attached hydrogen (secondary N) is 1. The Balaban J connectivity index is 1.85. The Morgan fingerprint density at radius 1 is 1.42 bits per heavy atom. The van der Waals surface area contributed by atoms with Gasteiger partial charge in [0.2, 0.25) is 0 Å². The fourth-order valence-electron chi connectivity index (χ4n) is 2.70. The summed E-state index contributed by atoms with van der Waals surface area (Å²) in [7, 11) is 2.14. The second-order valence-electron chi connectivity index (χ2n) is 5.76. The van der Waals surface area contributed by atoms with Crippen molar-refractivity contribution in [2.75, 3.05) is 18.9 Å². The normalized spacial score (nSPS) is 18.2. The van der Waals surface area contributed by atoms with Crippen molar-refractivity contribution in [3.63, 3.8) is 0 Å². The number of carbonyl (C=O) groups excluding carboxylic acids is 1. The van der Waals surface area contributed by atoms with Gasteiger partial charge in [-0.2, -0.15) is 0 Å². The summed E-state index contributed by atoms with van der Waals surface area (Å²) < 4.78 is 4.66. The van der Waals surface area contributed by atoms with Gasteiger partial charge in [0.15, 0.2) is 0 Å². The maximum atomic E-state index is 11.2. The van der Waals surface area contributed by atoms with E-state index in [2.05, 4.69) is 67.0 Å². The van der Waals surface area contributed by atoms with E-state index >= 15 is 0 Å². The number of fused-ring (bicyclic) bond motifs is 1. The monoisotopic (exact) mass is 498 g/mol. The first-order valence-electron chi connectivity index (χ1n) is 7.55.